The maximum atomic E-state index is 12.7. The van der Waals surface area contributed by atoms with Crippen molar-refractivity contribution in [1.29, 1.82) is 0 Å². The van der Waals surface area contributed by atoms with Gasteiger partial charge in [0, 0.05) is 34.3 Å². The second-order valence-corrected chi connectivity index (χ2v) is 8.24. The van der Waals surface area contributed by atoms with E-state index in [4.69, 9.17) is 9.15 Å². The minimum atomic E-state index is -0.241. The molecular weight excluding hydrogens is 412 g/mol. The Morgan fingerprint density at radius 2 is 1.82 bits per heavy atom. The molecule has 0 radical (unpaired) electrons. The number of carbonyl (C=O) groups is 1. The second-order valence-electron chi connectivity index (χ2n) is 8.24. The number of aromatic nitrogens is 1. The zero-order chi connectivity index (χ0) is 23.5. The minimum Gasteiger partial charge on any atom is -0.493 e. The maximum Gasteiger partial charge on any atom is 0.249 e. The number of hydrogen-bond acceptors (Lipinski definition) is 4. The second kappa shape index (κ2) is 9.33. The molecule has 0 aliphatic rings. The van der Waals surface area contributed by atoms with Crippen LogP contribution in [-0.4, -0.2) is 17.5 Å². The van der Waals surface area contributed by atoms with Crippen LogP contribution in [0.3, 0.4) is 0 Å². The van der Waals surface area contributed by atoms with Gasteiger partial charge in [-0.2, -0.15) is 0 Å². The van der Waals surface area contributed by atoms with Gasteiger partial charge in [-0.1, -0.05) is 35.9 Å². The SMILES string of the molecule is CCOc1c(/C(C)=C/C(=O)Nc2ccc(C)cn2)cc2c(-c3ccc(C)cc3)coc2c1C. The third-order valence-corrected chi connectivity index (χ3v) is 5.63. The number of furan rings is 1. The Hall–Kier alpha value is -3.86. The molecule has 168 valence electrons. The molecule has 0 spiro atoms. The molecule has 0 saturated carbocycles. The number of nitrogens with one attached hydrogen (secondary N) is 1. The summed E-state index contributed by atoms with van der Waals surface area (Å²) in [4.78, 5) is 16.9. The Morgan fingerprint density at radius 1 is 1.09 bits per heavy atom. The van der Waals surface area contributed by atoms with E-state index in [-0.39, 0.29) is 5.91 Å². The third-order valence-electron chi connectivity index (χ3n) is 5.63. The highest BCUT2D eigenvalue weighted by molar-refractivity contribution is 6.05. The molecule has 1 amide bonds. The van der Waals surface area contributed by atoms with Crippen LogP contribution >= 0.6 is 0 Å². The fraction of sp³-hybridized carbons (Fsp3) is 0.214. The highest BCUT2D eigenvalue weighted by Crippen LogP contribution is 2.40. The average Bonchev–Trinajstić information content (AvgIpc) is 3.22. The van der Waals surface area contributed by atoms with E-state index in [1.165, 1.54) is 5.56 Å². The molecule has 2 heterocycles. The zero-order valence-corrected chi connectivity index (χ0v) is 19.7. The highest BCUT2D eigenvalue weighted by atomic mass is 16.5. The number of fused-ring (bicyclic) bond motifs is 1. The summed E-state index contributed by atoms with van der Waals surface area (Å²) in [5.74, 6) is 1.00. The molecule has 1 N–H and O–H groups in total. The molecule has 0 aliphatic carbocycles. The molecule has 2 aromatic carbocycles. The number of ether oxygens (including phenoxy) is 1. The molecule has 0 unspecified atom stereocenters. The van der Waals surface area contributed by atoms with E-state index in [1.807, 2.05) is 33.8 Å². The van der Waals surface area contributed by atoms with Crippen LogP contribution in [0.5, 0.6) is 5.75 Å². The van der Waals surface area contributed by atoms with Gasteiger partial charge in [-0.15, -0.1) is 0 Å². The molecule has 0 fully saturated rings. The van der Waals surface area contributed by atoms with Crippen molar-refractivity contribution in [2.24, 2.45) is 0 Å². The first-order valence-corrected chi connectivity index (χ1v) is 11.0. The van der Waals surface area contributed by atoms with Gasteiger partial charge in [0.05, 0.1) is 12.9 Å². The van der Waals surface area contributed by atoms with Gasteiger partial charge in [-0.05, 0) is 63.5 Å². The Kier molecular flexibility index (Phi) is 6.31. The third kappa shape index (κ3) is 4.67. The molecule has 4 rings (SSSR count). The number of benzene rings is 2. The number of aryl methyl sites for hydroxylation is 3. The van der Waals surface area contributed by atoms with Crippen LogP contribution in [0.15, 0.2) is 65.4 Å². The number of allylic oxidation sites excluding steroid dienone is 1. The number of pyridine rings is 1. The summed E-state index contributed by atoms with van der Waals surface area (Å²) in [5, 5.41) is 3.81. The van der Waals surface area contributed by atoms with Gasteiger partial charge in [-0.25, -0.2) is 4.98 Å². The lowest BCUT2D eigenvalue weighted by molar-refractivity contribution is -0.111. The van der Waals surface area contributed by atoms with Gasteiger partial charge in [0.15, 0.2) is 0 Å². The van der Waals surface area contributed by atoms with Crippen LogP contribution in [0.1, 0.15) is 36.1 Å². The largest absolute Gasteiger partial charge is 0.493 e. The maximum absolute atomic E-state index is 12.7. The smallest absolute Gasteiger partial charge is 0.249 e. The van der Waals surface area contributed by atoms with Gasteiger partial charge in [-0.3, -0.25) is 4.79 Å². The lowest BCUT2D eigenvalue weighted by Gasteiger charge is -2.15. The van der Waals surface area contributed by atoms with Crippen molar-refractivity contribution in [2.75, 3.05) is 11.9 Å². The number of carbonyl (C=O) groups excluding carboxylic acids is 1. The lowest BCUT2D eigenvalue weighted by Crippen LogP contribution is -2.10. The Balaban J connectivity index is 1.77. The predicted octanol–water partition coefficient (Wildman–Crippen LogP) is 6.86. The van der Waals surface area contributed by atoms with E-state index >= 15 is 0 Å². The normalized spacial score (nSPS) is 11.6. The zero-order valence-electron chi connectivity index (χ0n) is 19.7. The van der Waals surface area contributed by atoms with Crippen LogP contribution in [0.2, 0.25) is 0 Å². The summed E-state index contributed by atoms with van der Waals surface area (Å²) in [6.07, 6.45) is 5.09. The highest BCUT2D eigenvalue weighted by Gasteiger charge is 2.19. The first kappa shape index (κ1) is 22.3. The number of amides is 1. The van der Waals surface area contributed by atoms with Gasteiger partial charge < -0.3 is 14.5 Å². The van der Waals surface area contributed by atoms with Crippen LogP contribution in [0, 0.1) is 20.8 Å². The first-order valence-electron chi connectivity index (χ1n) is 11.0. The van der Waals surface area contributed by atoms with E-state index in [0.717, 1.165) is 50.1 Å². The van der Waals surface area contributed by atoms with Crippen LogP contribution in [0.25, 0.3) is 27.7 Å². The molecule has 33 heavy (non-hydrogen) atoms. The molecule has 0 aliphatic heterocycles. The van der Waals surface area contributed by atoms with Crippen molar-refractivity contribution in [3.63, 3.8) is 0 Å². The summed E-state index contributed by atoms with van der Waals surface area (Å²) >= 11 is 0. The van der Waals surface area contributed by atoms with Crippen molar-refractivity contribution < 1.29 is 13.9 Å². The number of anilines is 1. The molecule has 0 atom stereocenters. The van der Waals surface area contributed by atoms with E-state index in [1.54, 1.807) is 24.6 Å². The van der Waals surface area contributed by atoms with Gasteiger partial charge in [0.25, 0.3) is 0 Å². The van der Waals surface area contributed by atoms with E-state index < -0.39 is 0 Å². The van der Waals surface area contributed by atoms with Gasteiger partial charge >= 0.3 is 0 Å². The van der Waals surface area contributed by atoms with Crippen LogP contribution < -0.4 is 10.1 Å². The summed E-state index contributed by atoms with van der Waals surface area (Å²) in [7, 11) is 0. The fourth-order valence-electron chi connectivity index (χ4n) is 3.87. The monoisotopic (exact) mass is 440 g/mol. The topological polar surface area (TPSA) is 64.4 Å². The van der Waals surface area contributed by atoms with Crippen molar-refractivity contribution >= 4 is 28.3 Å². The van der Waals surface area contributed by atoms with Crippen molar-refractivity contribution in [1.82, 2.24) is 4.98 Å². The Bertz CT molecular complexity index is 1330. The lowest BCUT2D eigenvalue weighted by atomic mass is 9.96. The molecule has 0 bridgehead atoms. The molecule has 5 nitrogen and oxygen atoms in total. The van der Waals surface area contributed by atoms with E-state index in [2.05, 4.69) is 47.6 Å². The van der Waals surface area contributed by atoms with Gasteiger partial charge in [0.1, 0.15) is 17.2 Å². The summed E-state index contributed by atoms with van der Waals surface area (Å²) in [5.41, 5.74) is 7.70. The summed E-state index contributed by atoms with van der Waals surface area (Å²) < 4.78 is 12.0. The van der Waals surface area contributed by atoms with Crippen molar-refractivity contribution in [3.05, 3.63) is 83.3 Å². The summed E-state index contributed by atoms with van der Waals surface area (Å²) in [6, 6.07) is 14.1. The van der Waals surface area contributed by atoms with Crippen LogP contribution in [-0.2, 0) is 4.79 Å². The molecule has 2 aromatic heterocycles. The number of hydrogen-bond donors (Lipinski definition) is 1. The standard InChI is InChI=1S/C28H28N2O3/c1-6-32-27-20(5)28-23(24(16-33-28)21-10-7-17(2)8-11-21)14-22(27)19(4)13-26(31)30-25-12-9-18(3)15-29-25/h7-16H,6H2,1-5H3,(H,29,30,31)/b19-13+. The molecule has 5 heteroatoms. The quantitative estimate of drug-likeness (QED) is 0.333. The van der Waals surface area contributed by atoms with Gasteiger partial charge in [0.2, 0.25) is 5.91 Å². The number of rotatable bonds is 6. The van der Waals surface area contributed by atoms with E-state index in [9.17, 15) is 4.79 Å². The minimum absolute atomic E-state index is 0.241. The van der Waals surface area contributed by atoms with Crippen molar-refractivity contribution in [2.45, 2.75) is 34.6 Å². The Labute approximate surface area is 194 Å². The van der Waals surface area contributed by atoms with Crippen LogP contribution in [0.4, 0.5) is 5.82 Å². The Morgan fingerprint density at radius 3 is 2.48 bits per heavy atom. The molecule has 4 aromatic rings. The fourth-order valence-corrected chi connectivity index (χ4v) is 3.87. The molecule has 0 saturated heterocycles. The summed E-state index contributed by atoms with van der Waals surface area (Å²) in [6.45, 7) is 10.4. The first-order chi connectivity index (χ1) is 15.9. The average molecular weight is 441 g/mol. The predicted molar refractivity (Wildman–Crippen MR) is 134 cm³/mol. The number of nitrogens with zero attached hydrogens (tertiary/aromatic N) is 1. The van der Waals surface area contributed by atoms with E-state index in [0.29, 0.717) is 12.4 Å². The van der Waals surface area contributed by atoms with Crippen molar-refractivity contribution in [3.8, 4) is 16.9 Å². The molecular formula is C28H28N2O3.